The maximum atomic E-state index is 11.8. The second-order valence-corrected chi connectivity index (χ2v) is 4.91. The van der Waals surface area contributed by atoms with E-state index in [1.54, 1.807) is 11.3 Å². The molecule has 0 amide bonds. The fraction of sp³-hybridized carbons (Fsp3) is 0.545. The molecular weight excluding hydrogens is 210 g/mol. The van der Waals surface area contributed by atoms with Gasteiger partial charge in [-0.1, -0.05) is 0 Å². The molecule has 0 bridgehead atoms. The predicted molar refractivity (Wildman–Crippen MR) is 60.6 cm³/mol. The molecule has 15 heavy (non-hydrogen) atoms. The van der Waals surface area contributed by atoms with Crippen LogP contribution < -0.4 is 5.32 Å². The van der Waals surface area contributed by atoms with E-state index in [0.29, 0.717) is 13.0 Å². The zero-order chi connectivity index (χ0) is 10.7. The monoisotopic (exact) mass is 225 g/mol. The number of carbonyl (C=O) groups is 1. The third kappa shape index (κ3) is 2.87. The molecule has 0 spiro atoms. The van der Waals surface area contributed by atoms with Gasteiger partial charge in [-0.05, 0) is 13.0 Å². The van der Waals surface area contributed by atoms with Crippen LogP contribution in [0.15, 0.2) is 11.4 Å². The van der Waals surface area contributed by atoms with Crippen molar-refractivity contribution >= 4 is 17.1 Å². The number of ether oxygens (including phenoxy) is 1. The van der Waals surface area contributed by atoms with Crippen molar-refractivity contribution in [3.63, 3.8) is 0 Å². The minimum absolute atomic E-state index is 0.187. The quantitative estimate of drug-likeness (QED) is 0.794. The Morgan fingerprint density at radius 2 is 2.60 bits per heavy atom. The normalized spacial score (nSPS) is 21.5. The molecule has 0 radical (unpaired) electrons. The third-order valence-electron chi connectivity index (χ3n) is 2.48. The van der Waals surface area contributed by atoms with Crippen molar-refractivity contribution in [3.8, 4) is 0 Å². The summed E-state index contributed by atoms with van der Waals surface area (Å²) in [7, 11) is 0. The lowest BCUT2D eigenvalue weighted by atomic mass is 10.1. The van der Waals surface area contributed by atoms with Gasteiger partial charge in [-0.2, -0.15) is 0 Å². The highest BCUT2D eigenvalue weighted by Gasteiger charge is 2.18. The van der Waals surface area contributed by atoms with Crippen LogP contribution in [0.4, 0.5) is 0 Å². The van der Waals surface area contributed by atoms with Crippen molar-refractivity contribution in [2.24, 2.45) is 0 Å². The lowest BCUT2D eigenvalue weighted by Gasteiger charge is -2.22. The lowest BCUT2D eigenvalue weighted by molar-refractivity contribution is 0.0676. The first kappa shape index (κ1) is 10.8. The fourth-order valence-corrected chi connectivity index (χ4v) is 2.39. The Morgan fingerprint density at radius 3 is 3.20 bits per heavy atom. The molecule has 1 unspecified atom stereocenters. The van der Waals surface area contributed by atoms with Gasteiger partial charge in [-0.25, -0.2) is 0 Å². The number of hydrogen-bond donors (Lipinski definition) is 1. The lowest BCUT2D eigenvalue weighted by Crippen LogP contribution is -2.42. The number of rotatable bonds is 3. The van der Waals surface area contributed by atoms with Crippen LogP contribution >= 0.6 is 11.3 Å². The molecule has 2 heterocycles. The van der Waals surface area contributed by atoms with Crippen LogP contribution in [0.2, 0.25) is 0 Å². The number of hydrogen-bond acceptors (Lipinski definition) is 4. The molecule has 1 aliphatic heterocycles. The largest absolute Gasteiger partial charge is 0.378 e. The van der Waals surface area contributed by atoms with E-state index in [1.807, 2.05) is 18.4 Å². The SMILES string of the molecule is Cc1cc(C(=O)CC2COCCN2)cs1. The first-order valence-electron chi connectivity index (χ1n) is 5.15. The summed E-state index contributed by atoms with van der Waals surface area (Å²) in [6.07, 6.45) is 0.538. The molecule has 0 saturated carbocycles. The van der Waals surface area contributed by atoms with Gasteiger partial charge in [0.1, 0.15) is 0 Å². The molecule has 0 aliphatic carbocycles. The summed E-state index contributed by atoms with van der Waals surface area (Å²) in [5.41, 5.74) is 0.838. The van der Waals surface area contributed by atoms with Crippen molar-refractivity contribution < 1.29 is 9.53 Å². The van der Waals surface area contributed by atoms with Crippen molar-refractivity contribution in [2.45, 2.75) is 19.4 Å². The van der Waals surface area contributed by atoms with Crippen LogP contribution in [0.25, 0.3) is 0 Å². The highest BCUT2D eigenvalue weighted by Crippen LogP contribution is 2.15. The number of nitrogens with one attached hydrogen (secondary N) is 1. The molecule has 3 nitrogen and oxygen atoms in total. The van der Waals surface area contributed by atoms with E-state index in [-0.39, 0.29) is 11.8 Å². The zero-order valence-corrected chi connectivity index (χ0v) is 9.60. The Balaban J connectivity index is 1.91. The Kier molecular flexibility index (Phi) is 3.51. The maximum absolute atomic E-state index is 11.8. The molecular formula is C11H15NO2S. The molecule has 1 aliphatic rings. The first-order chi connectivity index (χ1) is 7.25. The van der Waals surface area contributed by atoms with E-state index in [0.717, 1.165) is 18.7 Å². The average molecular weight is 225 g/mol. The Labute approximate surface area is 93.4 Å². The smallest absolute Gasteiger partial charge is 0.165 e. The van der Waals surface area contributed by atoms with Gasteiger partial charge in [0.15, 0.2) is 5.78 Å². The number of ketones is 1. The van der Waals surface area contributed by atoms with Crippen LogP contribution in [0.1, 0.15) is 21.7 Å². The van der Waals surface area contributed by atoms with Crippen LogP contribution in [-0.2, 0) is 4.74 Å². The highest BCUT2D eigenvalue weighted by molar-refractivity contribution is 7.10. The van der Waals surface area contributed by atoms with Crippen molar-refractivity contribution in [1.82, 2.24) is 5.32 Å². The fourth-order valence-electron chi connectivity index (χ4n) is 1.68. The summed E-state index contributed by atoms with van der Waals surface area (Å²) in [6.45, 7) is 4.27. The summed E-state index contributed by atoms with van der Waals surface area (Å²) >= 11 is 1.62. The zero-order valence-electron chi connectivity index (χ0n) is 8.79. The second kappa shape index (κ2) is 4.88. The summed E-state index contributed by atoms with van der Waals surface area (Å²) < 4.78 is 5.31. The molecule has 1 fully saturated rings. The number of morpholine rings is 1. The van der Waals surface area contributed by atoms with Gasteiger partial charge < -0.3 is 10.1 Å². The van der Waals surface area contributed by atoms with Gasteiger partial charge in [0.05, 0.1) is 13.2 Å². The average Bonchev–Trinajstić information content (AvgIpc) is 2.66. The Hall–Kier alpha value is -0.710. The molecule has 1 saturated heterocycles. The van der Waals surface area contributed by atoms with E-state index in [9.17, 15) is 4.79 Å². The van der Waals surface area contributed by atoms with Crippen LogP contribution in [-0.4, -0.2) is 31.6 Å². The van der Waals surface area contributed by atoms with E-state index < -0.39 is 0 Å². The van der Waals surface area contributed by atoms with Gasteiger partial charge in [0.2, 0.25) is 0 Å². The topological polar surface area (TPSA) is 38.3 Å². The molecule has 4 heteroatoms. The molecule has 0 aromatic carbocycles. The molecule has 82 valence electrons. The van der Waals surface area contributed by atoms with E-state index in [4.69, 9.17) is 4.74 Å². The van der Waals surface area contributed by atoms with Crippen molar-refractivity contribution in [2.75, 3.05) is 19.8 Å². The minimum atomic E-state index is 0.187. The van der Waals surface area contributed by atoms with E-state index in [1.165, 1.54) is 4.88 Å². The number of thiophene rings is 1. The van der Waals surface area contributed by atoms with Crippen LogP contribution in [0.3, 0.4) is 0 Å². The van der Waals surface area contributed by atoms with Crippen LogP contribution in [0, 0.1) is 6.92 Å². The first-order valence-corrected chi connectivity index (χ1v) is 6.03. The summed E-state index contributed by atoms with van der Waals surface area (Å²) in [6, 6.07) is 2.14. The van der Waals surface area contributed by atoms with E-state index in [2.05, 4.69) is 5.32 Å². The summed E-state index contributed by atoms with van der Waals surface area (Å²) in [5.74, 6) is 0.211. The predicted octanol–water partition coefficient (Wildman–Crippen LogP) is 1.62. The number of carbonyl (C=O) groups excluding carboxylic acids is 1. The molecule has 1 atom stereocenters. The standard InChI is InChI=1S/C11H15NO2S/c1-8-4-9(7-15-8)11(13)5-10-6-14-3-2-12-10/h4,7,10,12H,2-3,5-6H2,1H3. The third-order valence-corrected chi connectivity index (χ3v) is 3.34. The van der Waals surface area contributed by atoms with Gasteiger partial charge >= 0.3 is 0 Å². The summed E-state index contributed by atoms with van der Waals surface area (Å²) in [5, 5.41) is 5.22. The molecule has 1 aromatic rings. The van der Waals surface area contributed by atoms with Gasteiger partial charge in [0.25, 0.3) is 0 Å². The molecule has 1 aromatic heterocycles. The Bertz CT molecular complexity index is 342. The van der Waals surface area contributed by atoms with Gasteiger partial charge in [-0.3, -0.25) is 4.79 Å². The molecule has 1 N–H and O–H groups in total. The molecule has 2 rings (SSSR count). The van der Waals surface area contributed by atoms with Crippen molar-refractivity contribution in [1.29, 1.82) is 0 Å². The second-order valence-electron chi connectivity index (χ2n) is 3.80. The number of Topliss-reactive ketones (excluding diaryl/α,β-unsaturated/α-hetero) is 1. The van der Waals surface area contributed by atoms with Gasteiger partial charge in [-0.15, -0.1) is 11.3 Å². The number of aryl methyl sites for hydroxylation is 1. The Morgan fingerprint density at radius 1 is 1.73 bits per heavy atom. The minimum Gasteiger partial charge on any atom is -0.378 e. The van der Waals surface area contributed by atoms with Gasteiger partial charge in [0, 0.05) is 34.8 Å². The van der Waals surface area contributed by atoms with E-state index >= 15 is 0 Å². The summed E-state index contributed by atoms with van der Waals surface area (Å²) in [4.78, 5) is 13.0. The van der Waals surface area contributed by atoms with Crippen molar-refractivity contribution in [3.05, 3.63) is 21.9 Å². The highest BCUT2D eigenvalue weighted by atomic mass is 32.1. The maximum Gasteiger partial charge on any atom is 0.165 e. The van der Waals surface area contributed by atoms with Crippen LogP contribution in [0.5, 0.6) is 0 Å².